The summed E-state index contributed by atoms with van der Waals surface area (Å²) in [6.07, 6.45) is 4.01. The number of benzene rings is 3. The zero-order valence-electron chi connectivity index (χ0n) is 12.5. The zero-order valence-corrected chi connectivity index (χ0v) is 12.5. The Morgan fingerprint density at radius 1 is 0.864 bits per heavy atom. The van der Waals surface area contributed by atoms with E-state index in [4.69, 9.17) is 4.42 Å². The Morgan fingerprint density at radius 3 is 2.32 bits per heavy atom. The highest BCUT2D eigenvalue weighted by Gasteiger charge is 2.09. The van der Waals surface area contributed by atoms with Crippen LogP contribution in [0.4, 0.5) is 0 Å². The highest BCUT2D eigenvalue weighted by Crippen LogP contribution is 2.32. The Labute approximate surface area is 128 Å². The second-order valence-corrected chi connectivity index (χ2v) is 5.47. The fourth-order valence-electron chi connectivity index (χ4n) is 3.17. The molecule has 0 saturated carbocycles. The summed E-state index contributed by atoms with van der Waals surface area (Å²) >= 11 is 0. The quantitative estimate of drug-likeness (QED) is 0.452. The molecular formula is C21H16O. The largest absolute Gasteiger partial charge is 0.456 e. The number of rotatable bonds is 1. The van der Waals surface area contributed by atoms with Crippen molar-refractivity contribution in [2.45, 2.75) is 6.92 Å². The van der Waals surface area contributed by atoms with E-state index in [-0.39, 0.29) is 0 Å². The minimum Gasteiger partial charge on any atom is -0.456 e. The van der Waals surface area contributed by atoms with Gasteiger partial charge in [-0.15, -0.1) is 0 Å². The Bertz CT molecular complexity index is 1090. The number of allylic oxidation sites excluding steroid dienone is 1. The van der Waals surface area contributed by atoms with Gasteiger partial charge in [0.15, 0.2) is 0 Å². The van der Waals surface area contributed by atoms with Gasteiger partial charge in [-0.05, 0) is 40.4 Å². The van der Waals surface area contributed by atoms with Gasteiger partial charge < -0.3 is 4.42 Å². The number of fused-ring (bicyclic) bond motifs is 2. The number of hydrogen-bond donors (Lipinski definition) is 0. The minimum absolute atomic E-state index is 0.854. The summed E-state index contributed by atoms with van der Waals surface area (Å²) < 4.78 is 6.27. The summed E-state index contributed by atoms with van der Waals surface area (Å²) in [7, 11) is 0. The lowest BCUT2D eigenvalue weighted by Crippen LogP contribution is -1.98. The molecule has 0 N–H and O–H groups in total. The SMILES string of the molecule is C=c1cccc2c1c(/C=C\C)oc1cccc3cccc2c31. The van der Waals surface area contributed by atoms with Crippen LogP contribution in [0.2, 0.25) is 0 Å². The van der Waals surface area contributed by atoms with E-state index in [2.05, 4.69) is 43.0 Å². The lowest BCUT2D eigenvalue weighted by Gasteiger charge is -2.01. The minimum atomic E-state index is 0.854. The van der Waals surface area contributed by atoms with Crippen LogP contribution in [0, 0.1) is 0 Å². The van der Waals surface area contributed by atoms with Gasteiger partial charge in [0.1, 0.15) is 11.3 Å². The van der Waals surface area contributed by atoms with Crippen molar-refractivity contribution in [2.75, 3.05) is 0 Å². The molecule has 1 heterocycles. The summed E-state index contributed by atoms with van der Waals surface area (Å²) in [5.41, 5.74) is 0.900. The van der Waals surface area contributed by atoms with Crippen LogP contribution in [0.25, 0.3) is 45.2 Å². The molecule has 0 amide bonds. The highest BCUT2D eigenvalue weighted by atomic mass is 16.3. The molecule has 4 aromatic rings. The monoisotopic (exact) mass is 284 g/mol. The van der Waals surface area contributed by atoms with E-state index in [1.807, 2.05) is 37.3 Å². The molecule has 0 aliphatic carbocycles. The van der Waals surface area contributed by atoms with E-state index in [0.29, 0.717) is 0 Å². The fourth-order valence-corrected chi connectivity index (χ4v) is 3.17. The zero-order chi connectivity index (χ0) is 15.1. The van der Waals surface area contributed by atoms with Gasteiger partial charge in [-0.3, -0.25) is 0 Å². The van der Waals surface area contributed by atoms with E-state index in [1.165, 1.54) is 16.2 Å². The first-order valence-electron chi connectivity index (χ1n) is 7.44. The van der Waals surface area contributed by atoms with Gasteiger partial charge in [-0.2, -0.15) is 0 Å². The molecule has 0 spiro atoms. The third-order valence-electron chi connectivity index (χ3n) is 4.09. The van der Waals surface area contributed by atoms with Gasteiger partial charge in [-0.1, -0.05) is 61.2 Å². The highest BCUT2D eigenvalue weighted by molar-refractivity contribution is 6.17. The van der Waals surface area contributed by atoms with Crippen LogP contribution in [0.5, 0.6) is 0 Å². The van der Waals surface area contributed by atoms with Crippen molar-refractivity contribution in [3.05, 3.63) is 71.7 Å². The maximum Gasteiger partial charge on any atom is 0.135 e. The predicted molar refractivity (Wildman–Crippen MR) is 95.5 cm³/mol. The first-order chi connectivity index (χ1) is 10.8. The molecule has 0 aliphatic rings. The van der Waals surface area contributed by atoms with Gasteiger partial charge in [0.2, 0.25) is 0 Å². The van der Waals surface area contributed by atoms with Gasteiger partial charge in [0.05, 0.1) is 0 Å². The second-order valence-electron chi connectivity index (χ2n) is 5.47. The molecule has 0 atom stereocenters. The summed E-state index contributed by atoms with van der Waals surface area (Å²) in [4.78, 5) is 0. The van der Waals surface area contributed by atoms with Crippen LogP contribution in [0.15, 0.2) is 65.1 Å². The predicted octanol–water partition coefficient (Wildman–Crippen LogP) is 5.46. The fraction of sp³-hybridized carbons (Fsp3) is 0.0476. The Balaban J connectivity index is 2.47. The topological polar surface area (TPSA) is 13.1 Å². The van der Waals surface area contributed by atoms with Gasteiger partial charge in [0.25, 0.3) is 0 Å². The normalized spacial score (nSPS) is 11.9. The van der Waals surface area contributed by atoms with Crippen molar-refractivity contribution in [2.24, 2.45) is 0 Å². The van der Waals surface area contributed by atoms with E-state index < -0.39 is 0 Å². The Hall–Kier alpha value is -2.80. The molecular weight excluding hydrogens is 268 g/mol. The van der Waals surface area contributed by atoms with Crippen molar-refractivity contribution in [3.8, 4) is 0 Å². The van der Waals surface area contributed by atoms with Crippen molar-refractivity contribution in [1.82, 2.24) is 0 Å². The van der Waals surface area contributed by atoms with Crippen LogP contribution in [-0.2, 0) is 0 Å². The average Bonchev–Trinajstić information content (AvgIpc) is 2.67. The molecule has 0 bridgehead atoms. The average molecular weight is 284 g/mol. The number of hydrogen-bond acceptors (Lipinski definition) is 1. The van der Waals surface area contributed by atoms with Gasteiger partial charge in [0, 0.05) is 10.8 Å². The lowest BCUT2D eigenvalue weighted by atomic mass is 10.0. The van der Waals surface area contributed by atoms with E-state index >= 15 is 0 Å². The third kappa shape index (κ3) is 1.79. The van der Waals surface area contributed by atoms with Crippen LogP contribution < -0.4 is 5.22 Å². The molecule has 106 valence electrons. The summed E-state index contributed by atoms with van der Waals surface area (Å²) in [6, 6.07) is 18.8. The molecule has 1 aromatic heterocycles. The van der Waals surface area contributed by atoms with Crippen molar-refractivity contribution in [3.63, 3.8) is 0 Å². The first-order valence-corrected chi connectivity index (χ1v) is 7.44. The first kappa shape index (κ1) is 12.9. The van der Waals surface area contributed by atoms with E-state index in [0.717, 1.165) is 27.3 Å². The molecule has 0 fully saturated rings. The van der Waals surface area contributed by atoms with Crippen LogP contribution >= 0.6 is 0 Å². The van der Waals surface area contributed by atoms with E-state index in [9.17, 15) is 0 Å². The maximum atomic E-state index is 6.27. The van der Waals surface area contributed by atoms with Gasteiger partial charge in [-0.25, -0.2) is 0 Å². The van der Waals surface area contributed by atoms with Crippen LogP contribution in [0.1, 0.15) is 12.7 Å². The second kappa shape index (κ2) is 4.88. The third-order valence-corrected chi connectivity index (χ3v) is 4.09. The van der Waals surface area contributed by atoms with Crippen molar-refractivity contribution in [1.29, 1.82) is 0 Å². The summed E-state index contributed by atoms with van der Waals surface area (Å²) in [5, 5.41) is 6.79. The Morgan fingerprint density at radius 2 is 1.55 bits per heavy atom. The summed E-state index contributed by atoms with van der Waals surface area (Å²) in [5.74, 6) is 0.854. The molecule has 4 rings (SSSR count). The molecule has 22 heavy (non-hydrogen) atoms. The van der Waals surface area contributed by atoms with Crippen LogP contribution in [-0.4, -0.2) is 0 Å². The molecule has 0 saturated heterocycles. The molecule has 3 aromatic carbocycles. The lowest BCUT2D eigenvalue weighted by molar-refractivity contribution is 0.601. The standard InChI is InChI=1S/C21H16O/c1-3-7-18-20-14(2)8-4-11-16(20)17-12-5-9-15-10-6-13-19(22-18)21(15)17/h3-13H,2H2,1H3/b7-3-. The van der Waals surface area contributed by atoms with Crippen LogP contribution in [0.3, 0.4) is 0 Å². The van der Waals surface area contributed by atoms with Crippen molar-refractivity contribution < 1.29 is 4.42 Å². The van der Waals surface area contributed by atoms with Gasteiger partial charge >= 0.3 is 0 Å². The smallest absolute Gasteiger partial charge is 0.135 e. The van der Waals surface area contributed by atoms with E-state index in [1.54, 1.807) is 0 Å². The molecule has 1 nitrogen and oxygen atoms in total. The summed E-state index contributed by atoms with van der Waals surface area (Å²) in [6.45, 7) is 6.20. The van der Waals surface area contributed by atoms with Crippen molar-refractivity contribution >= 4 is 45.2 Å². The molecule has 0 radical (unpaired) electrons. The molecule has 0 unspecified atom stereocenters. The Kier molecular flexibility index (Phi) is 2.87. The molecule has 0 aliphatic heterocycles. The maximum absolute atomic E-state index is 6.27. The molecule has 1 heteroatoms.